The Labute approximate surface area is 225 Å². The van der Waals surface area contributed by atoms with Crippen LogP contribution in [0.1, 0.15) is 27.2 Å². The molecule has 0 radical (unpaired) electrons. The molecule has 11 nitrogen and oxygen atoms in total. The van der Waals surface area contributed by atoms with Crippen LogP contribution in [0.25, 0.3) is 11.8 Å². The van der Waals surface area contributed by atoms with Crippen LogP contribution >= 0.6 is 11.3 Å². The smallest absolute Gasteiger partial charge is 0.270 e. The van der Waals surface area contributed by atoms with Crippen LogP contribution in [0.2, 0.25) is 0 Å². The second-order valence-corrected chi connectivity index (χ2v) is 9.63. The van der Waals surface area contributed by atoms with Crippen LogP contribution in [-0.4, -0.2) is 71.4 Å². The SMILES string of the molecule is CCNC(=O)/C(C#N)=c1\s/c(=C/Nc2cccc(NC(=O)CN3CCN(C(=O)CC)CC3)c2)c(=O)n1CC. The van der Waals surface area contributed by atoms with Crippen molar-refractivity contribution < 1.29 is 14.4 Å². The number of nitriles is 1. The predicted octanol–water partition coefficient (Wildman–Crippen LogP) is 0.0829. The van der Waals surface area contributed by atoms with E-state index in [-0.39, 0.29) is 29.5 Å². The number of amides is 3. The zero-order valence-corrected chi connectivity index (χ0v) is 22.7. The van der Waals surface area contributed by atoms with Crippen LogP contribution in [0.4, 0.5) is 11.4 Å². The fourth-order valence-corrected chi connectivity index (χ4v) is 5.14. The van der Waals surface area contributed by atoms with Gasteiger partial charge < -0.3 is 20.9 Å². The summed E-state index contributed by atoms with van der Waals surface area (Å²) >= 11 is 1.07. The molecule has 1 saturated heterocycles. The maximum Gasteiger partial charge on any atom is 0.270 e. The maximum absolute atomic E-state index is 12.9. The Bertz CT molecular complexity index is 1400. The standard InChI is InChI=1S/C26H33N7O4S/c1-4-23(35)32-12-10-31(11-13-32)17-22(34)30-19-9-7-8-18(14-19)29-16-21-25(37)33(6-3)26(38-21)20(15-27)24(36)28-5-2/h7-9,14,16,29H,4-6,10-13,17H2,1-3H3,(H,28,36)(H,30,34)/b21-16+,26-20-. The van der Waals surface area contributed by atoms with Gasteiger partial charge in [0, 0.05) is 63.3 Å². The molecule has 0 aliphatic carbocycles. The Morgan fingerprint density at radius 1 is 1.11 bits per heavy atom. The molecule has 3 N–H and O–H groups in total. The summed E-state index contributed by atoms with van der Waals surface area (Å²) in [6, 6.07) is 9.02. The predicted molar refractivity (Wildman–Crippen MR) is 148 cm³/mol. The summed E-state index contributed by atoms with van der Waals surface area (Å²) in [6.07, 6.45) is 2.02. The van der Waals surface area contributed by atoms with Crippen molar-refractivity contribution in [2.45, 2.75) is 33.7 Å². The first-order valence-electron chi connectivity index (χ1n) is 12.6. The van der Waals surface area contributed by atoms with Gasteiger partial charge in [-0.05, 0) is 32.0 Å². The van der Waals surface area contributed by atoms with E-state index in [0.29, 0.717) is 66.3 Å². The van der Waals surface area contributed by atoms with Crippen molar-refractivity contribution in [3.8, 4) is 6.07 Å². The molecule has 2 heterocycles. The molecule has 1 aliphatic rings. The average molecular weight is 540 g/mol. The van der Waals surface area contributed by atoms with Crippen molar-refractivity contribution in [2.24, 2.45) is 0 Å². The van der Waals surface area contributed by atoms with Gasteiger partial charge in [0.1, 0.15) is 15.3 Å². The second-order valence-electron chi connectivity index (χ2n) is 8.60. The third kappa shape index (κ3) is 7.08. The molecule has 0 unspecified atom stereocenters. The van der Waals surface area contributed by atoms with E-state index in [1.54, 1.807) is 38.1 Å². The minimum atomic E-state index is -0.516. The lowest BCUT2D eigenvalue weighted by Crippen LogP contribution is -2.50. The Morgan fingerprint density at radius 3 is 2.45 bits per heavy atom. The van der Waals surface area contributed by atoms with Crippen molar-refractivity contribution in [2.75, 3.05) is 49.9 Å². The molecule has 0 spiro atoms. The molecule has 1 fully saturated rings. The molecule has 3 amide bonds. The van der Waals surface area contributed by atoms with E-state index in [1.165, 1.54) is 10.8 Å². The summed E-state index contributed by atoms with van der Waals surface area (Å²) in [5.74, 6) is -0.536. The van der Waals surface area contributed by atoms with E-state index in [2.05, 4.69) is 16.0 Å². The van der Waals surface area contributed by atoms with Gasteiger partial charge in [-0.3, -0.25) is 28.6 Å². The van der Waals surface area contributed by atoms with Gasteiger partial charge in [0.15, 0.2) is 5.57 Å². The van der Waals surface area contributed by atoms with Crippen molar-refractivity contribution in [3.63, 3.8) is 0 Å². The largest absolute Gasteiger partial charge is 0.360 e. The van der Waals surface area contributed by atoms with Crippen molar-refractivity contribution in [3.05, 3.63) is 43.8 Å². The number of carbonyl (C=O) groups is 3. The third-order valence-electron chi connectivity index (χ3n) is 6.02. The lowest BCUT2D eigenvalue weighted by molar-refractivity contribution is -0.132. The number of carbonyl (C=O) groups excluding carboxylic acids is 3. The van der Waals surface area contributed by atoms with Gasteiger partial charge in [-0.2, -0.15) is 5.26 Å². The number of hydrogen-bond donors (Lipinski definition) is 3. The van der Waals surface area contributed by atoms with Crippen LogP contribution in [0.5, 0.6) is 0 Å². The van der Waals surface area contributed by atoms with Gasteiger partial charge in [0.25, 0.3) is 11.5 Å². The number of hydrogen-bond acceptors (Lipinski definition) is 8. The molecule has 0 saturated carbocycles. The molecule has 3 rings (SSSR count). The Morgan fingerprint density at radius 2 is 1.82 bits per heavy atom. The monoisotopic (exact) mass is 539 g/mol. The molecular formula is C26H33N7O4S. The van der Waals surface area contributed by atoms with E-state index in [1.807, 2.05) is 22.8 Å². The van der Waals surface area contributed by atoms with Crippen molar-refractivity contribution in [1.29, 1.82) is 5.26 Å². The van der Waals surface area contributed by atoms with E-state index in [9.17, 15) is 24.4 Å². The molecule has 1 aliphatic heterocycles. The highest BCUT2D eigenvalue weighted by Crippen LogP contribution is 2.15. The highest BCUT2D eigenvalue weighted by Gasteiger charge is 2.21. The molecule has 0 atom stereocenters. The number of rotatable bonds is 9. The number of anilines is 2. The number of benzene rings is 1. The number of nitrogens with one attached hydrogen (secondary N) is 3. The fourth-order valence-electron chi connectivity index (χ4n) is 4.06. The Balaban J connectivity index is 1.70. The van der Waals surface area contributed by atoms with Gasteiger partial charge >= 0.3 is 0 Å². The van der Waals surface area contributed by atoms with E-state index in [4.69, 9.17) is 0 Å². The first-order chi connectivity index (χ1) is 18.3. The second kappa shape index (κ2) is 13.6. The Kier molecular flexibility index (Phi) is 10.2. The number of thiazole rings is 1. The lowest BCUT2D eigenvalue weighted by Gasteiger charge is -2.34. The van der Waals surface area contributed by atoms with E-state index < -0.39 is 5.91 Å². The number of nitrogens with zero attached hydrogens (tertiary/aromatic N) is 4. The van der Waals surface area contributed by atoms with Crippen LogP contribution in [-0.2, 0) is 20.9 Å². The quantitative estimate of drug-likeness (QED) is 0.410. The number of aromatic nitrogens is 1. The molecule has 38 heavy (non-hydrogen) atoms. The molecule has 202 valence electrons. The summed E-state index contributed by atoms with van der Waals surface area (Å²) in [7, 11) is 0. The van der Waals surface area contributed by atoms with Crippen molar-refractivity contribution in [1.82, 2.24) is 19.7 Å². The first-order valence-corrected chi connectivity index (χ1v) is 13.4. The summed E-state index contributed by atoms with van der Waals surface area (Å²) in [5, 5.41) is 18.1. The van der Waals surface area contributed by atoms with Crippen molar-refractivity contribution >= 4 is 52.2 Å². The normalized spacial score (nSPS) is 15.0. The summed E-state index contributed by atoms with van der Waals surface area (Å²) < 4.78 is 2.05. The van der Waals surface area contributed by atoms with Gasteiger partial charge in [0.2, 0.25) is 11.8 Å². The minimum Gasteiger partial charge on any atom is -0.360 e. The maximum atomic E-state index is 12.9. The zero-order valence-electron chi connectivity index (χ0n) is 21.9. The van der Waals surface area contributed by atoms with E-state index >= 15 is 0 Å². The van der Waals surface area contributed by atoms with Crippen LogP contribution in [0.3, 0.4) is 0 Å². The Hall–Kier alpha value is -3.95. The molecule has 12 heteroatoms. The molecule has 2 aromatic rings. The summed E-state index contributed by atoms with van der Waals surface area (Å²) in [6.45, 7) is 8.84. The van der Waals surface area contributed by atoms with Crippen LogP contribution < -0.4 is 30.7 Å². The number of piperazine rings is 1. The van der Waals surface area contributed by atoms with Gasteiger partial charge in [-0.15, -0.1) is 11.3 Å². The van der Waals surface area contributed by atoms with Crippen LogP contribution in [0, 0.1) is 11.3 Å². The molecule has 1 aromatic heterocycles. The van der Waals surface area contributed by atoms with Crippen LogP contribution in [0.15, 0.2) is 29.1 Å². The van der Waals surface area contributed by atoms with E-state index in [0.717, 1.165) is 11.3 Å². The minimum absolute atomic E-state index is 0.0986. The molecule has 1 aromatic carbocycles. The average Bonchev–Trinajstić information content (AvgIpc) is 3.22. The third-order valence-corrected chi connectivity index (χ3v) is 7.16. The highest BCUT2D eigenvalue weighted by molar-refractivity contribution is 7.07. The van der Waals surface area contributed by atoms with Gasteiger partial charge in [-0.1, -0.05) is 13.0 Å². The summed E-state index contributed by atoms with van der Waals surface area (Å²) in [4.78, 5) is 53.4. The topological polar surface area (TPSA) is 140 Å². The molecular weight excluding hydrogens is 506 g/mol. The molecule has 0 bridgehead atoms. The summed E-state index contributed by atoms with van der Waals surface area (Å²) in [5.41, 5.74) is 0.850. The fraction of sp³-hybridized carbons (Fsp3) is 0.423. The van der Waals surface area contributed by atoms with Gasteiger partial charge in [0.05, 0.1) is 6.54 Å². The lowest BCUT2D eigenvalue weighted by atomic mass is 10.2. The highest BCUT2D eigenvalue weighted by atomic mass is 32.1. The van der Waals surface area contributed by atoms with Gasteiger partial charge in [-0.25, -0.2) is 0 Å². The zero-order chi connectivity index (χ0) is 27.7. The first kappa shape index (κ1) is 28.6.